The fourth-order valence-corrected chi connectivity index (χ4v) is 28.2. The molecule has 3 saturated carbocycles. The van der Waals surface area contributed by atoms with Crippen molar-refractivity contribution < 1.29 is 68.8 Å². The van der Waals surface area contributed by atoms with Crippen LogP contribution in [0.4, 0.5) is 34.1 Å². The molecule has 27 heteroatoms. The summed E-state index contributed by atoms with van der Waals surface area (Å²) in [5.74, 6) is 0. The van der Waals surface area contributed by atoms with Crippen LogP contribution < -0.4 is 19.6 Å². The van der Waals surface area contributed by atoms with Gasteiger partial charge in [0, 0.05) is 75.2 Å². The Labute approximate surface area is 715 Å². The molecule has 628 valence electrons. The standard InChI is InChI=1S/2C21H27N2.C18H33P.C10H12N2O4S.C9H10N2O4S.C7H6.5ClH.Cu.2Ru/c2*1-14-9-16(3)20(17(4)10-14)22-7-8-23(13-22)21-18(5)11-15(2)12-19(21)6;1-4-10-16(11-5-1)19(17-12-6-2-7-13-17)18-14-8-3-9-15-18;1-3-11(17(2,15)16)8-9-4-6-10(7-5-9)12(13)14;1-10(16(2,14)15)7-8-3-5-9(6-4-8)11(12)13;1-7-5-3-2-4-6-7;;;;;;;;/h2*9-13H,7-8H2,1-6H3;16-18H,1-15H2;3-7H,1,8H2,2H3;1,3-6H,7H2,2H3;1-6H;5*1H;;;/q2*-1;;;;;;;;;;+1;2*+2/p-4. The predicted octanol–water partition coefficient (Wildman–Crippen LogP) is 23.2. The molecule has 16 nitrogen and oxygen atoms in total. The van der Waals surface area contributed by atoms with Crippen molar-refractivity contribution in [1.82, 2.24) is 8.61 Å². The Bertz CT molecular complexity index is 4180. The third-order valence-corrected chi connectivity index (χ3v) is 31.5. The van der Waals surface area contributed by atoms with Gasteiger partial charge in [0.05, 0.1) is 34.7 Å². The minimum atomic E-state index is -3.47. The van der Waals surface area contributed by atoms with Gasteiger partial charge >= 0.3 is 222 Å². The zero-order valence-corrected chi connectivity index (χ0v) is 78.7. The van der Waals surface area contributed by atoms with E-state index in [0.717, 1.165) is 52.9 Å². The van der Waals surface area contributed by atoms with Crippen LogP contribution in [0.1, 0.15) is 180 Å². The number of non-ortho nitro benzene ring substituents is 2. The molecule has 2 saturated heterocycles. The summed E-state index contributed by atoms with van der Waals surface area (Å²) in [6.07, 6.45) is 27.1. The normalized spacial score (nSPS) is 15.6. The number of rotatable bonds is 18. The van der Waals surface area contributed by atoms with Gasteiger partial charge in [0.2, 0.25) is 10.0 Å². The van der Waals surface area contributed by atoms with E-state index < -0.39 is 56.9 Å². The predicted molar refractivity (Wildman–Crippen MR) is 474 cm³/mol. The van der Waals surface area contributed by atoms with Gasteiger partial charge in [-0.1, -0.05) is 109 Å². The van der Waals surface area contributed by atoms with Gasteiger partial charge in [0.25, 0.3) is 5.69 Å². The molecule has 113 heavy (non-hydrogen) atoms. The summed E-state index contributed by atoms with van der Waals surface area (Å²) in [6.45, 7) is 38.7. The Morgan fingerprint density at radius 1 is 0.451 bits per heavy atom. The maximum absolute atomic E-state index is 11.5. The number of aryl methyl sites for hydroxylation is 12. The second kappa shape index (κ2) is 47.8. The van der Waals surface area contributed by atoms with Crippen LogP contribution >= 0.6 is 56.8 Å². The van der Waals surface area contributed by atoms with Crippen LogP contribution in [0.25, 0.3) is 0 Å². The van der Waals surface area contributed by atoms with E-state index in [4.69, 9.17) is 38.8 Å². The van der Waals surface area contributed by atoms with Crippen LogP contribution in [-0.4, -0.2) is 100 Å². The fourth-order valence-electron chi connectivity index (χ4n) is 16.5. The van der Waals surface area contributed by atoms with Crippen molar-refractivity contribution in [1.29, 1.82) is 0 Å². The molecule has 7 aromatic rings. The number of benzene rings is 7. The van der Waals surface area contributed by atoms with E-state index in [1.54, 1.807) is 96.3 Å². The number of hydrogen-bond donors (Lipinski definition) is 0. The summed E-state index contributed by atoms with van der Waals surface area (Å²) in [5.41, 5.74) is 27.6. The molecule has 2 aliphatic heterocycles. The van der Waals surface area contributed by atoms with Crippen molar-refractivity contribution >= 4 is 120 Å². The van der Waals surface area contributed by atoms with Crippen molar-refractivity contribution in [2.75, 3.05) is 58.3 Å². The number of nitro groups is 2. The molecule has 0 aromatic heterocycles. The average Bonchev–Trinajstić information content (AvgIpc) is 1.70. The van der Waals surface area contributed by atoms with Gasteiger partial charge in [0.1, 0.15) is 0 Å². The summed E-state index contributed by atoms with van der Waals surface area (Å²) in [7, 11) is 20.0. The molecule has 2 heterocycles. The van der Waals surface area contributed by atoms with Crippen LogP contribution in [0.5, 0.6) is 0 Å². The number of hydrogen-bond acceptors (Lipinski definition) is 12. The molecule has 3 aliphatic carbocycles. The van der Waals surface area contributed by atoms with Crippen LogP contribution in [-0.2, 0) is 75.3 Å². The molecule has 5 fully saturated rings. The molecule has 0 atom stereocenters. The molecule has 0 amide bonds. The SMILES string of the molecule is C1CCC([PH+](C2CCCCC2)C2CCCCC2)CC1.C=CN(Cc1ccc([N+](=O)[O-])cc1)S(C)(=O)=O.CS(=O)(=O)N([CH]=[Ru]([Cl])[Cl])Cc1ccc([N+](=O)[O-])cc1.Cc1cc(C)c(N2[CH-]N(c3c(C)cc(C)cc3C)CC2)c(C)c1.Cc1cc(C)c(N2[CH-]N(c3c(C)cc(C)cc3C)CC2)c(C)c1.[Cl][Cu].[Cl][Ru]([Cl])=[CH]c1ccccc1. The first-order chi connectivity index (χ1) is 53.5. The molecule has 5 aliphatic rings. The van der Waals surface area contributed by atoms with Crippen LogP contribution in [0.3, 0.4) is 0 Å². The van der Waals surface area contributed by atoms with Gasteiger partial charge in [-0.05, 0) is 210 Å². The number of nitro benzene ring substituents is 2. The Morgan fingerprint density at radius 2 is 0.717 bits per heavy atom. The average molecular weight is 1930 g/mol. The van der Waals surface area contributed by atoms with E-state index in [1.807, 2.05) is 34.9 Å². The number of halogens is 5. The number of anilines is 4. The molecule has 0 bridgehead atoms. The second-order valence-electron chi connectivity index (χ2n) is 30.2. The van der Waals surface area contributed by atoms with Gasteiger partial charge in [-0.2, -0.15) is 13.3 Å². The molecule has 0 N–H and O–H groups in total. The van der Waals surface area contributed by atoms with E-state index in [2.05, 4.69) is 196 Å². The summed E-state index contributed by atoms with van der Waals surface area (Å²) >= 11 is -0.233. The Morgan fingerprint density at radius 3 is 0.947 bits per heavy atom. The Kier molecular flexibility index (Phi) is 41.1. The molecular weight excluding hydrogens is 1810 g/mol. The maximum atomic E-state index is 11.5. The van der Waals surface area contributed by atoms with E-state index in [0.29, 0.717) is 11.1 Å². The van der Waals surface area contributed by atoms with Gasteiger partial charge in [-0.15, -0.1) is 0 Å². The second-order valence-corrected chi connectivity index (χ2v) is 48.9. The van der Waals surface area contributed by atoms with Crippen molar-refractivity contribution in [3.63, 3.8) is 0 Å². The van der Waals surface area contributed by atoms with E-state index >= 15 is 0 Å². The fraction of sp³-hybridized carbons (Fsp3) is 0.442. The van der Waals surface area contributed by atoms with Gasteiger partial charge in [0.15, 0.2) is 0 Å². The van der Waals surface area contributed by atoms with Crippen molar-refractivity contribution in [2.45, 2.75) is 209 Å². The van der Waals surface area contributed by atoms with Crippen molar-refractivity contribution in [3.05, 3.63) is 257 Å². The van der Waals surface area contributed by atoms with E-state index in [1.165, 1.54) is 166 Å². The molecule has 0 spiro atoms. The van der Waals surface area contributed by atoms with Gasteiger partial charge < -0.3 is 19.6 Å². The zero-order valence-electron chi connectivity index (χ0n) is 67.9. The summed E-state index contributed by atoms with van der Waals surface area (Å²) in [5, 5.41) is 20.9. The van der Waals surface area contributed by atoms with Crippen LogP contribution in [0.2, 0.25) is 0 Å². The Balaban J connectivity index is 0.000000213. The third kappa shape index (κ3) is 31.2. The Hall–Kier alpha value is -4.67. The number of nitrogens with zero attached hydrogens (tertiary/aromatic N) is 8. The van der Waals surface area contributed by atoms with Crippen LogP contribution in [0.15, 0.2) is 140 Å². The first-order valence-electron chi connectivity index (χ1n) is 38.3. The van der Waals surface area contributed by atoms with Gasteiger partial charge in [-0.3, -0.25) is 14.4 Å². The molecule has 0 unspecified atom stereocenters. The van der Waals surface area contributed by atoms with E-state index in [9.17, 15) is 37.1 Å². The molecule has 12 rings (SSSR count). The summed E-state index contributed by atoms with van der Waals surface area (Å²) in [6, 6.07) is 39.4. The quantitative estimate of drug-likeness (QED) is 0.0262. The van der Waals surface area contributed by atoms with Crippen molar-refractivity contribution in [2.24, 2.45) is 0 Å². The first-order valence-corrected chi connectivity index (χ1v) is 56.0. The molecule has 7 aromatic carbocycles. The van der Waals surface area contributed by atoms with E-state index in [-0.39, 0.29) is 32.4 Å². The zero-order chi connectivity index (χ0) is 83.4. The van der Waals surface area contributed by atoms with Crippen LogP contribution in [0, 0.1) is 117 Å². The first kappa shape index (κ1) is 97.2. The third-order valence-electron chi connectivity index (χ3n) is 20.8. The molecule has 0 radical (unpaired) electrons. The van der Waals surface area contributed by atoms with Crippen molar-refractivity contribution in [3.8, 4) is 0 Å². The summed E-state index contributed by atoms with van der Waals surface area (Å²) in [4.78, 5) is 29.5. The number of sulfonamides is 2. The summed E-state index contributed by atoms with van der Waals surface area (Å²) < 4.78 is 51.0. The minimum absolute atomic E-state index is 0.0294. The van der Waals surface area contributed by atoms with Gasteiger partial charge in [-0.25, -0.2) is 8.42 Å². The molecular formula is C86H116Cl5CuN8O8PRu2S2-. The topological polar surface area (TPSA) is 174 Å². The monoisotopic (exact) mass is 1930 g/mol.